The molecule has 8 nitrogen and oxygen atoms in total. The van der Waals surface area contributed by atoms with Crippen molar-refractivity contribution in [2.24, 2.45) is 11.7 Å². The third-order valence-electron chi connectivity index (χ3n) is 3.94. The second-order valence-corrected chi connectivity index (χ2v) is 7.36. The van der Waals surface area contributed by atoms with Crippen LogP contribution >= 0.6 is 11.3 Å². The first-order valence-corrected chi connectivity index (χ1v) is 8.65. The minimum Gasteiger partial charge on any atom is -0.361 e. The third kappa shape index (κ3) is 4.51. The number of primary amides is 1. The predicted molar refractivity (Wildman–Crippen MR) is 90.4 cm³/mol. The molecule has 0 saturated heterocycles. The molecule has 1 aliphatic rings. The highest BCUT2D eigenvalue weighted by atomic mass is 32.1. The molecule has 132 valence electrons. The fourth-order valence-electron chi connectivity index (χ4n) is 2.39. The SMILES string of the molecule is CC(C)[C@H](CNC(=O)C(N)=O)NC(=O)c1nc2c(s1)CN(C)CC2. The quantitative estimate of drug-likeness (QED) is 0.616. The second kappa shape index (κ2) is 7.71. The average Bonchev–Trinajstić information content (AvgIpc) is 2.93. The molecule has 0 saturated carbocycles. The van der Waals surface area contributed by atoms with E-state index in [1.165, 1.54) is 11.3 Å². The van der Waals surface area contributed by atoms with Crippen LogP contribution in [0.5, 0.6) is 0 Å². The zero-order chi connectivity index (χ0) is 17.9. The van der Waals surface area contributed by atoms with Crippen LogP contribution in [0.1, 0.15) is 34.2 Å². The lowest BCUT2D eigenvalue weighted by Gasteiger charge is -2.22. The molecule has 0 radical (unpaired) electrons. The number of carbonyl (C=O) groups is 3. The Bertz CT molecular complexity index is 643. The van der Waals surface area contributed by atoms with Crippen molar-refractivity contribution in [3.05, 3.63) is 15.6 Å². The molecule has 1 aliphatic heterocycles. The van der Waals surface area contributed by atoms with E-state index < -0.39 is 11.8 Å². The second-order valence-electron chi connectivity index (χ2n) is 6.27. The van der Waals surface area contributed by atoms with E-state index in [1.54, 1.807) is 0 Å². The Morgan fingerprint density at radius 2 is 2.08 bits per heavy atom. The zero-order valence-corrected chi connectivity index (χ0v) is 14.9. The molecule has 2 rings (SSSR count). The molecule has 0 bridgehead atoms. The lowest BCUT2D eigenvalue weighted by Crippen LogP contribution is -2.48. The van der Waals surface area contributed by atoms with Crippen molar-refractivity contribution in [1.82, 2.24) is 20.5 Å². The van der Waals surface area contributed by atoms with Crippen molar-refractivity contribution >= 4 is 29.1 Å². The number of nitrogens with two attached hydrogens (primary N) is 1. The Balaban J connectivity index is 2.00. The number of nitrogens with one attached hydrogen (secondary N) is 2. The van der Waals surface area contributed by atoms with E-state index in [4.69, 9.17) is 5.73 Å². The van der Waals surface area contributed by atoms with Crippen LogP contribution in [0.15, 0.2) is 0 Å². The highest BCUT2D eigenvalue weighted by Gasteiger charge is 2.24. The van der Waals surface area contributed by atoms with Crippen molar-refractivity contribution in [1.29, 1.82) is 0 Å². The molecule has 3 amide bonds. The molecular formula is C15H23N5O3S. The maximum absolute atomic E-state index is 12.5. The summed E-state index contributed by atoms with van der Waals surface area (Å²) < 4.78 is 0. The zero-order valence-electron chi connectivity index (χ0n) is 14.1. The van der Waals surface area contributed by atoms with Gasteiger partial charge in [0.2, 0.25) is 0 Å². The van der Waals surface area contributed by atoms with Crippen LogP contribution in [0.4, 0.5) is 0 Å². The first kappa shape index (κ1) is 18.3. The van der Waals surface area contributed by atoms with Gasteiger partial charge in [-0.2, -0.15) is 0 Å². The number of likely N-dealkylation sites (N-methyl/N-ethyl adjacent to an activating group) is 1. The van der Waals surface area contributed by atoms with Gasteiger partial charge in [-0.05, 0) is 13.0 Å². The minimum absolute atomic E-state index is 0.0721. The average molecular weight is 353 g/mol. The molecular weight excluding hydrogens is 330 g/mol. The maximum atomic E-state index is 12.5. The molecule has 1 aromatic rings. The van der Waals surface area contributed by atoms with E-state index >= 15 is 0 Å². The Morgan fingerprint density at radius 3 is 2.71 bits per heavy atom. The van der Waals surface area contributed by atoms with Gasteiger partial charge in [0.1, 0.15) is 0 Å². The molecule has 0 aromatic carbocycles. The Hall–Kier alpha value is -2.00. The number of fused-ring (bicyclic) bond motifs is 1. The normalized spacial score (nSPS) is 15.7. The summed E-state index contributed by atoms with van der Waals surface area (Å²) in [7, 11) is 2.04. The molecule has 9 heteroatoms. The van der Waals surface area contributed by atoms with Crippen molar-refractivity contribution < 1.29 is 14.4 Å². The monoisotopic (exact) mass is 353 g/mol. The van der Waals surface area contributed by atoms with Crippen LogP contribution in [-0.4, -0.2) is 53.8 Å². The lowest BCUT2D eigenvalue weighted by molar-refractivity contribution is -0.137. The largest absolute Gasteiger partial charge is 0.361 e. The van der Waals surface area contributed by atoms with Gasteiger partial charge in [-0.3, -0.25) is 14.4 Å². The van der Waals surface area contributed by atoms with Gasteiger partial charge in [-0.25, -0.2) is 4.98 Å². The number of nitrogens with zero attached hydrogens (tertiary/aromatic N) is 2. The van der Waals surface area contributed by atoms with Gasteiger partial charge < -0.3 is 21.3 Å². The van der Waals surface area contributed by atoms with E-state index in [9.17, 15) is 14.4 Å². The van der Waals surface area contributed by atoms with Crippen molar-refractivity contribution in [2.75, 3.05) is 20.1 Å². The summed E-state index contributed by atoms with van der Waals surface area (Å²) in [6.45, 7) is 5.72. The fraction of sp³-hybridized carbons (Fsp3) is 0.600. The van der Waals surface area contributed by atoms with Gasteiger partial charge in [0.05, 0.1) is 5.69 Å². The van der Waals surface area contributed by atoms with Crippen molar-refractivity contribution in [3.63, 3.8) is 0 Å². The molecule has 0 aliphatic carbocycles. The fourth-order valence-corrected chi connectivity index (χ4v) is 3.48. The van der Waals surface area contributed by atoms with Gasteiger partial charge >= 0.3 is 11.8 Å². The molecule has 0 unspecified atom stereocenters. The number of rotatable bonds is 5. The van der Waals surface area contributed by atoms with E-state index in [-0.39, 0.29) is 24.4 Å². The third-order valence-corrected chi connectivity index (χ3v) is 5.03. The molecule has 0 spiro atoms. The maximum Gasteiger partial charge on any atom is 0.309 e. The number of amides is 3. The molecule has 0 fully saturated rings. The number of carbonyl (C=O) groups excluding carboxylic acids is 3. The van der Waals surface area contributed by atoms with Crippen LogP contribution in [0.25, 0.3) is 0 Å². The van der Waals surface area contributed by atoms with Gasteiger partial charge in [0.25, 0.3) is 5.91 Å². The van der Waals surface area contributed by atoms with E-state index in [0.717, 1.165) is 30.1 Å². The summed E-state index contributed by atoms with van der Waals surface area (Å²) in [4.78, 5) is 42.3. The van der Waals surface area contributed by atoms with Crippen molar-refractivity contribution in [2.45, 2.75) is 32.9 Å². The molecule has 1 aromatic heterocycles. The topological polar surface area (TPSA) is 117 Å². The van der Waals surface area contributed by atoms with Gasteiger partial charge in [0.15, 0.2) is 5.01 Å². The lowest BCUT2D eigenvalue weighted by atomic mass is 10.0. The van der Waals surface area contributed by atoms with Gasteiger partial charge in [-0.1, -0.05) is 13.8 Å². The van der Waals surface area contributed by atoms with Crippen molar-refractivity contribution in [3.8, 4) is 0 Å². The number of hydrogen-bond acceptors (Lipinski definition) is 6. The first-order valence-electron chi connectivity index (χ1n) is 7.83. The standard InChI is InChI=1S/C15H23N5O3S/c1-8(2)10(6-17-13(22)12(16)21)18-14(23)15-19-9-4-5-20(3)7-11(9)24-15/h8,10H,4-7H2,1-3H3,(H2,16,21)(H,17,22)(H,18,23)/t10-/m0/s1. The van der Waals surface area contributed by atoms with Crippen LogP contribution in [0, 0.1) is 5.92 Å². The van der Waals surface area contributed by atoms with E-state index in [1.807, 2.05) is 20.9 Å². The van der Waals surface area contributed by atoms with Crippen LogP contribution in [-0.2, 0) is 22.6 Å². The van der Waals surface area contributed by atoms with E-state index in [0.29, 0.717) is 5.01 Å². The van der Waals surface area contributed by atoms with Gasteiger partial charge in [0, 0.05) is 37.0 Å². The number of thiazole rings is 1. The Kier molecular flexibility index (Phi) is 5.89. The van der Waals surface area contributed by atoms with Crippen LogP contribution in [0.3, 0.4) is 0 Å². The predicted octanol–water partition coefficient (Wildman–Crippen LogP) is -0.513. The summed E-state index contributed by atoms with van der Waals surface area (Å²) >= 11 is 1.40. The molecule has 1 atom stereocenters. The van der Waals surface area contributed by atoms with Crippen LogP contribution < -0.4 is 16.4 Å². The number of aromatic nitrogens is 1. The minimum atomic E-state index is -1.04. The summed E-state index contributed by atoms with van der Waals surface area (Å²) in [5.74, 6) is -2.09. The summed E-state index contributed by atoms with van der Waals surface area (Å²) in [5.41, 5.74) is 5.90. The summed E-state index contributed by atoms with van der Waals surface area (Å²) in [6.07, 6.45) is 0.845. The van der Waals surface area contributed by atoms with Crippen LogP contribution in [0.2, 0.25) is 0 Å². The highest BCUT2D eigenvalue weighted by molar-refractivity contribution is 7.13. The van der Waals surface area contributed by atoms with E-state index in [2.05, 4.69) is 20.5 Å². The molecule has 2 heterocycles. The summed E-state index contributed by atoms with van der Waals surface area (Å²) in [5, 5.41) is 5.73. The molecule has 4 N–H and O–H groups in total. The number of hydrogen-bond donors (Lipinski definition) is 3. The Labute approximate surface area is 144 Å². The summed E-state index contributed by atoms with van der Waals surface area (Å²) in [6, 6.07) is -0.315. The highest BCUT2D eigenvalue weighted by Crippen LogP contribution is 2.24. The van der Waals surface area contributed by atoms with Gasteiger partial charge in [-0.15, -0.1) is 11.3 Å². The molecule has 24 heavy (non-hydrogen) atoms. The first-order chi connectivity index (χ1) is 11.3. The smallest absolute Gasteiger partial charge is 0.309 e. The Morgan fingerprint density at radius 1 is 1.38 bits per heavy atom.